The van der Waals surface area contributed by atoms with Gasteiger partial charge in [-0.3, -0.25) is 4.79 Å². The summed E-state index contributed by atoms with van der Waals surface area (Å²) in [6.45, 7) is 5.61. The number of carbonyl (C=O) groups excluding carboxylic acids is 1. The molecule has 0 aliphatic rings. The lowest BCUT2D eigenvalue weighted by Gasteiger charge is -2.16. The first-order chi connectivity index (χ1) is 15.9. The van der Waals surface area contributed by atoms with Crippen LogP contribution in [0.1, 0.15) is 18.2 Å². The van der Waals surface area contributed by atoms with Crippen LogP contribution in [-0.2, 0) is 4.79 Å². The van der Waals surface area contributed by atoms with Gasteiger partial charge in [0.1, 0.15) is 11.5 Å². The van der Waals surface area contributed by atoms with Crippen molar-refractivity contribution in [1.29, 1.82) is 0 Å². The molecule has 0 saturated carbocycles. The van der Waals surface area contributed by atoms with Crippen LogP contribution < -0.4 is 19.5 Å². The van der Waals surface area contributed by atoms with Gasteiger partial charge < -0.3 is 19.5 Å². The third-order valence-electron chi connectivity index (χ3n) is 5.32. The molecule has 0 bridgehead atoms. The zero-order valence-electron chi connectivity index (χ0n) is 19.2. The fraction of sp³-hybridized carbons (Fsp3) is 0.240. The normalized spacial score (nSPS) is 11.8. The Morgan fingerprint density at radius 1 is 1.03 bits per heavy atom. The van der Waals surface area contributed by atoms with Crippen LogP contribution in [0, 0.1) is 13.8 Å². The van der Waals surface area contributed by atoms with E-state index in [1.165, 1.54) is 7.11 Å². The molecule has 1 amide bonds. The summed E-state index contributed by atoms with van der Waals surface area (Å²) in [5.41, 5.74) is 3.95. The first-order valence-electron chi connectivity index (χ1n) is 10.5. The van der Waals surface area contributed by atoms with Crippen molar-refractivity contribution >= 4 is 22.6 Å². The van der Waals surface area contributed by atoms with E-state index in [1.807, 2.05) is 50.2 Å². The fourth-order valence-corrected chi connectivity index (χ4v) is 3.65. The lowest BCUT2D eigenvalue weighted by molar-refractivity contribution is -0.122. The maximum absolute atomic E-state index is 12.8. The van der Waals surface area contributed by atoms with Gasteiger partial charge >= 0.3 is 0 Å². The minimum absolute atomic E-state index is 0.328. The van der Waals surface area contributed by atoms with Gasteiger partial charge in [-0.25, -0.2) is 4.68 Å². The van der Waals surface area contributed by atoms with Gasteiger partial charge in [-0.1, -0.05) is 18.2 Å². The van der Waals surface area contributed by atoms with Crippen molar-refractivity contribution in [2.45, 2.75) is 26.9 Å². The van der Waals surface area contributed by atoms with Crippen LogP contribution in [0.5, 0.6) is 17.4 Å². The maximum Gasteiger partial charge on any atom is 0.265 e. The van der Waals surface area contributed by atoms with E-state index in [4.69, 9.17) is 14.2 Å². The highest BCUT2D eigenvalue weighted by molar-refractivity contribution is 5.95. The van der Waals surface area contributed by atoms with Crippen molar-refractivity contribution in [3.8, 4) is 23.1 Å². The van der Waals surface area contributed by atoms with Gasteiger partial charge in [-0.15, -0.1) is 0 Å². The van der Waals surface area contributed by atoms with Gasteiger partial charge in [0, 0.05) is 17.5 Å². The van der Waals surface area contributed by atoms with E-state index in [1.54, 1.807) is 36.9 Å². The number of nitrogens with one attached hydrogen (secondary N) is 1. The number of aryl methyl sites for hydroxylation is 2. The number of amides is 1. The van der Waals surface area contributed by atoms with E-state index in [2.05, 4.69) is 15.4 Å². The number of fused-ring (bicyclic) bond motifs is 1. The summed E-state index contributed by atoms with van der Waals surface area (Å²) in [5.74, 6) is 1.15. The monoisotopic (exact) mass is 446 g/mol. The average Bonchev–Trinajstić information content (AvgIpc) is 3.16. The Morgan fingerprint density at radius 3 is 2.48 bits per heavy atom. The molecule has 8 nitrogen and oxygen atoms in total. The van der Waals surface area contributed by atoms with Crippen LogP contribution in [0.4, 0.5) is 5.69 Å². The van der Waals surface area contributed by atoms with Crippen LogP contribution >= 0.6 is 0 Å². The second kappa shape index (κ2) is 9.20. The van der Waals surface area contributed by atoms with Crippen LogP contribution in [0.2, 0.25) is 0 Å². The summed E-state index contributed by atoms with van der Waals surface area (Å²) in [7, 11) is 3.10. The molecular weight excluding hydrogens is 420 g/mol. The van der Waals surface area contributed by atoms with E-state index < -0.39 is 6.10 Å². The van der Waals surface area contributed by atoms with Crippen molar-refractivity contribution in [2.75, 3.05) is 19.5 Å². The number of para-hydroxylation sites is 1. The molecule has 2 heterocycles. The topological polar surface area (TPSA) is 87.5 Å². The van der Waals surface area contributed by atoms with Crippen LogP contribution in [0.15, 0.2) is 54.6 Å². The number of hydrogen-bond donors (Lipinski definition) is 1. The average molecular weight is 447 g/mol. The fourth-order valence-electron chi connectivity index (χ4n) is 3.65. The summed E-state index contributed by atoms with van der Waals surface area (Å²) in [5, 5.41) is 8.46. The predicted octanol–water partition coefficient (Wildman–Crippen LogP) is 4.46. The second-order valence-corrected chi connectivity index (χ2v) is 7.62. The molecule has 1 atom stereocenters. The molecule has 2 aromatic carbocycles. The Morgan fingerprint density at radius 2 is 1.79 bits per heavy atom. The molecular formula is C25H26N4O4. The van der Waals surface area contributed by atoms with Gasteiger partial charge in [0.25, 0.3) is 5.91 Å². The Bertz CT molecular complexity index is 1300. The molecule has 4 rings (SSSR count). The second-order valence-electron chi connectivity index (χ2n) is 7.62. The molecule has 8 heteroatoms. The van der Waals surface area contributed by atoms with Crippen molar-refractivity contribution in [2.24, 2.45) is 0 Å². The molecule has 0 radical (unpaired) electrons. The van der Waals surface area contributed by atoms with Crippen molar-refractivity contribution in [3.05, 3.63) is 65.9 Å². The van der Waals surface area contributed by atoms with Gasteiger partial charge in [-0.05, 0) is 50.6 Å². The highest BCUT2D eigenvalue weighted by Crippen LogP contribution is 2.30. The first-order valence-corrected chi connectivity index (χ1v) is 10.5. The predicted molar refractivity (Wildman–Crippen MR) is 127 cm³/mol. The number of rotatable bonds is 7. The highest BCUT2D eigenvalue weighted by atomic mass is 16.5. The van der Waals surface area contributed by atoms with E-state index in [9.17, 15) is 4.79 Å². The molecule has 33 heavy (non-hydrogen) atoms. The smallest absolute Gasteiger partial charge is 0.265 e. The zero-order valence-corrected chi connectivity index (χ0v) is 19.2. The van der Waals surface area contributed by atoms with Crippen molar-refractivity contribution in [1.82, 2.24) is 14.8 Å². The Hall–Kier alpha value is -4.07. The summed E-state index contributed by atoms with van der Waals surface area (Å²) in [6.07, 6.45) is -0.796. The number of hydrogen-bond acceptors (Lipinski definition) is 6. The number of pyridine rings is 1. The van der Waals surface area contributed by atoms with Crippen molar-refractivity contribution < 1.29 is 19.0 Å². The SMILES string of the molecule is COc1ccc(NC(=O)C(C)Oc2cc(C)c3c(C)nn(-c4ccccc4)c3n2)c(OC)c1. The van der Waals surface area contributed by atoms with Crippen LogP contribution in [-0.4, -0.2) is 41.0 Å². The molecule has 0 saturated heterocycles. The van der Waals surface area contributed by atoms with E-state index in [-0.39, 0.29) is 5.91 Å². The summed E-state index contributed by atoms with van der Waals surface area (Å²) in [4.78, 5) is 17.5. The molecule has 0 aliphatic heterocycles. The van der Waals surface area contributed by atoms with E-state index in [0.29, 0.717) is 28.7 Å². The number of anilines is 1. The number of methoxy groups -OCH3 is 2. The molecule has 0 fully saturated rings. The Balaban J connectivity index is 1.59. The highest BCUT2D eigenvalue weighted by Gasteiger charge is 2.20. The quantitative estimate of drug-likeness (QED) is 0.451. The summed E-state index contributed by atoms with van der Waals surface area (Å²) in [6, 6.07) is 16.8. The molecule has 1 N–H and O–H groups in total. The van der Waals surface area contributed by atoms with Crippen molar-refractivity contribution in [3.63, 3.8) is 0 Å². The number of ether oxygens (including phenoxy) is 3. The molecule has 0 spiro atoms. The number of benzene rings is 2. The maximum atomic E-state index is 12.8. The third-order valence-corrected chi connectivity index (χ3v) is 5.32. The molecule has 2 aromatic heterocycles. The minimum atomic E-state index is -0.796. The molecule has 0 aliphatic carbocycles. The first kappa shape index (κ1) is 22.1. The molecule has 1 unspecified atom stereocenters. The molecule has 170 valence electrons. The molecule has 4 aromatic rings. The van der Waals surface area contributed by atoms with E-state index >= 15 is 0 Å². The van der Waals surface area contributed by atoms with Gasteiger partial charge in [0.05, 0.1) is 31.3 Å². The standard InChI is InChI=1S/C25H26N4O4/c1-15-13-22(27-24-23(15)16(2)28-29(24)18-9-7-6-8-10-18)33-17(3)25(30)26-20-12-11-19(31-4)14-21(20)32-5/h6-14,17H,1-5H3,(H,26,30). The zero-order chi connectivity index (χ0) is 23.5. The Kier molecular flexibility index (Phi) is 6.17. The number of nitrogens with zero attached hydrogens (tertiary/aromatic N) is 3. The lowest BCUT2D eigenvalue weighted by atomic mass is 10.1. The van der Waals surface area contributed by atoms with Crippen LogP contribution in [0.25, 0.3) is 16.7 Å². The van der Waals surface area contributed by atoms with Gasteiger partial charge in [0.15, 0.2) is 11.8 Å². The number of carbonyl (C=O) groups is 1. The van der Waals surface area contributed by atoms with E-state index in [0.717, 1.165) is 22.3 Å². The lowest BCUT2D eigenvalue weighted by Crippen LogP contribution is -2.30. The Labute approximate surface area is 192 Å². The van der Waals surface area contributed by atoms with Crippen LogP contribution in [0.3, 0.4) is 0 Å². The number of aromatic nitrogens is 3. The third kappa shape index (κ3) is 4.45. The summed E-state index contributed by atoms with van der Waals surface area (Å²) < 4.78 is 18.3. The summed E-state index contributed by atoms with van der Waals surface area (Å²) >= 11 is 0. The largest absolute Gasteiger partial charge is 0.497 e. The van der Waals surface area contributed by atoms with Gasteiger partial charge in [-0.2, -0.15) is 10.1 Å². The minimum Gasteiger partial charge on any atom is -0.497 e. The van der Waals surface area contributed by atoms with Gasteiger partial charge in [0.2, 0.25) is 5.88 Å².